The summed E-state index contributed by atoms with van der Waals surface area (Å²) in [7, 11) is 0. The average Bonchev–Trinajstić information content (AvgIpc) is 3.26. The fourth-order valence-corrected chi connectivity index (χ4v) is 12.4. The van der Waals surface area contributed by atoms with Crippen LogP contribution in [0.2, 0.25) is 0 Å². The number of carboxylic acid groups (broad SMARTS) is 2. The summed E-state index contributed by atoms with van der Waals surface area (Å²) in [5, 5.41) is 26.4. The average molecular weight is 849 g/mol. The van der Waals surface area contributed by atoms with E-state index in [4.69, 9.17) is 9.68 Å². The molecule has 0 unspecified atom stereocenters. The van der Waals surface area contributed by atoms with Gasteiger partial charge in [-0.2, -0.15) is 10.1 Å². The Morgan fingerprint density at radius 2 is 0.767 bits per heavy atom. The van der Waals surface area contributed by atoms with Crippen molar-refractivity contribution in [3.05, 3.63) is 0 Å². The molecule has 0 saturated carbocycles. The van der Waals surface area contributed by atoms with E-state index in [1.165, 1.54) is 64.2 Å². The second-order valence-electron chi connectivity index (χ2n) is 19.7. The Kier molecular flexibility index (Phi) is 25.5. The molecule has 2 saturated heterocycles. The molecule has 2 N–H and O–H groups in total. The summed E-state index contributed by atoms with van der Waals surface area (Å²) < 4.78 is 0. The Labute approximate surface area is 371 Å². The van der Waals surface area contributed by atoms with Gasteiger partial charge in [-0.05, 0) is 115 Å². The van der Waals surface area contributed by atoms with Gasteiger partial charge in [0.15, 0.2) is 0 Å². The van der Waals surface area contributed by atoms with Crippen molar-refractivity contribution in [3.63, 3.8) is 0 Å². The molecule has 2 fully saturated rings. The van der Waals surface area contributed by atoms with E-state index in [0.29, 0.717) is 12.8 Å². The van der Waals surface area contributed by atoms with Crippen LogP contribution >= 0.6 is 0 Å². The number of hydrogen-bond donors (Lipinski definition) is 2. The summed E-state index contributed by atoms with van der Waals surface area (Å²) in [6.45, 7) is 24.6. The summed E-state index contributed by atoms with van der Waals surface area (Å²) in [6.07, 6.45) is 30.8. The van der Waals surface area contributed by atoms with Crippen LogP contribution in [0.1, 0.15) is 268 Å². The summed E-state index contributed by atoms with van der Waals surface area (Å²) >= 11 is 0. The number of hydrogen-bond acceptors (Lipinski definition) is 6. The highest BCUT2D eigenvalue weighted by Crippen LogP contribution is 2.62. The monoisotopic (exact) mass is 849 g/mol. The van der Waals surface area contributed by atoms with Crippen LogP contribution in [0.5, 0.6) is 0 Å². The Bertz CT molecular complexity index is 1050. The minimum atomic E-state index is -0.895. The Morgan fingerprint density at radius 3 is 1.07 bits per heavy atom. The zero-order valence-electron chi connectivity index (χ0n) is 41.4. The first-order chi connectivity index (χ1) is 28.9. The van der Waals surface area contributed by atoms with Gasteiger partial charge in [0, 0.05) is 28.6 Å². The number of carbonyl (C=O) groups is 2. The fraction of sp³-hybridized carbons (Fsp3) is 0.962. The van der Waals surface area contributed by atoms with Crippen molar-refractivity contribution in [2.75, 3.05) is 13.2 Å². The number of carboxylic acids is 2. The van der Waals surface area contributed by atoms with Crippen LogP contribution in [0.15, 0.2) is 0 Å². The molecule has 60 heavy (non-hydrogen) atoms. The molecule has 0 aromatic rings. The van der Waals surface area contributed by atoms with Gasteiger partial charge in [-0.25, -0.2) is 0 Å². The second-order valence-corrected chi connectivity index (χ2v) is 19.7. The fourth-order valence-electron chi connectivity index (χ4n) is 12.4. The smallest absolute Gasteiger partial charge is 0.310 e. The third-order valence-electron chi connectivity index (χ3n) is 16.8. The second kappa shape index (κ2) is 27.9. The van der Waals surface area contributed by atoms with E-state index >= 15 is 0 Å². The van der Waals surface area contributed by atoms with Crippen LogP contribution in [0.4, 0.5) is 0 Å². The lowest BCUT2D eigenvalue weighted by Gasteiger charge is -2.65. The number of nitrogens with zero attached hydrogens (tertiary/aromatic N) is 2. The molecule has 2 rings (SSSR count). The van der Waals surface area contributed by atoms with E-state index in [9.17, 15) is 19.8 Å². The van der Waals surface area contributed by atoms with Crippen molar-refractivity contribution in [2.24, 2.45) is 17.3 Å². The van der Waals surface area contributed by atoms with Gasteiger partial charge in [-0.3, -0.25) is 19.3 Å². The largest absolute Gasteiger partial charge is 0.481 e. The number of piperidine rings is 2. The summed E-state index contributed by atoms with van der Waals surface area (Å²) in [6, 6.07) is 0. The lowest BCUT2D eigenvalue weighted by atomic mass is 9.50. The SMILES string of the molecule is CCCCCCCCON1C(CC)(CC)CC(C(CCCCCCCC(=O)O)(C(=O)O)C2CC(CC)(CC)N(OCCCCCCCC)C(CC)(CC)C2)CC1(CC)CC. The van der Waals surface area contributed by atoms with Gasteiger partial charge in [-0.1, -0.05) is 159 Å². The van der Waals surface area contributed by atoms with Crippen molar-refractivity contribution in [2.45, 2.75) is 290 Å². The van der Waals surface area contributed by atoms with Gasteiger partial charge >= 0.3 is 11.9 Å². The van der Waals surface area contributed by atoms with Gasteiger partial charge < -0.3 is 10.2 Å². The summed E-state index contributed by atoms with van der Waals surface area (Å²) in [5.74, 6) is -1.31. The van der Waals surface area contributed by atoms with E-state index < -0.39 is 17.4 Å². The van der Waals surface area contributed by atoms with E-state index in [0.717, 1.165) is 129 Å². The van der Waals surface area contributed by atoms with Gasteiger partial charge in [0.1, 0.15) is 0 Å². The maximum absolute atomic E-state index is 14.9. The quantitative estimate of drug-likeness (QED) is 0.0608. The number of hydroxylamine groups is 4. The molecule has 0 bridgehead atoms. The molecule has 354 valence electrons. The molecule has 0 aromatic carbocycles. The minimum Gasteiger partial charge on any atom is -0.481 e. The standard InChI is InChI=1S/C52H100N2O6/c1-11-21-23-25-30-34-38-59-53-48(13-3,14-4)40-44(41-49(53,15-5)16-6)52(47(57)58,37-33-29-27-28-32-36-46(55)56)45-42-50(17-7,18-8)54(51(19-9,20-10)43-45)60-39-35-31-26-24-22-12-2/h44-45H,11-43H2,1-10H3,(H,55,56)(H,57,58). The van der Waals surface area contributed by atoms with Crippen molar-refractivity contribution in [1.82, 2.24) is 10.1 Å². The van der Waals surface area contributed by atoms with Gasteiger partial charge in [0.2, 0.25) is 0 Å². The molecular formula is C52H100N2O6. The lowest BCUT2D eigenvalue weighted by Crippen LogP contribution is -2.70. The molecule has 0 radical (unpaired) electrons. The summed E-state index contributed by atoms with van der Waals surface area (Å²) in [5.41, 5.74) is -1.86. The molecule has 2 aliphatic heterocycles. The van der Waals surface area contributed by atoms with Crippen molar-refractivity contribution in [1.29, 1.82) is 0 Å². The van der Waals surface area contributed by atoms with Crippen molar-refractivity contribution >= 4 is 11.9 Å². The normalized spacial score (nSPS) is 19.8. The van der Waals surface area contributed by atoms with Crippen LogP contribution < -0.4 is 0 Å². The van der Waals surface area contributed by atoms with E-state index in [-0.39, 0.29) is 40.4 Å². The zero-order valence-corrected chi connectivity index (χ0v) is 41.4. The van der Waals surface area contributed by atoms with E-state index in [2.05, 4.69) is 79.4 Å². The minimum absolute atomic E-state index is 0.00844. The molecule has 0 atom stereocenters. The highest BCUT2D eigenvalue weighted by molar-refractivity contribution is 5.76. The lowest BCUT2D eigenvalue weighted by molar-refractivity contribution is -0.326. The molecule has 0 amide bonds. The first kappa shape index (κ1) is 54.9. The van der Waals surface area contributed by atoms with E-state index in [1.807, 2.05) is 0 Å². The highest BCUT2D eigenvalue weighted by Gasteiger charge is 2.65. The Balaban J connectivity index is 2.70. The first-order valence-corrected chi connectivity index (χ1v) is 26.2. The predicted octanol–water partition coefficient (Wildman–Crippen LogP) is 15.1. The number of aliphatic carboxylic acids is 2. The Morgan fingerprint density at radius 1 is 0.467 bits per heavy atom. The molecule has 0 spiro atoms. The number of rotatable bonds is 35. The van der Waals surface area contributed by atoms with Crippen LogP contribution in [0.3, 0.4) is 0 Å². The third kappa shape index (κ3) is 13.6. The first-order valence-electron chi connectivity index (χ1n) is 26.2. The predicted molar refractivity (Wildman–Crippen MR) is 251 cm³/mol. The van der Waals surface area contributed by atoms with Crippen molar-refractivity contribution < 1.29 is 29.5 Å². The van der Waals surface area contributed by atoms with Gasteiger partial charge in [0.05, 0.1) is 18.6 Å². The number of unbranched alkanes of at least 4 members (excludes halogenated alkanes) is 14. The van der Waals surface area contributed by atoms with Crippen LogP contribution in [0.25, 0.3) is 0 Å². The topological polar surface area (TPSA) is 99.5 Å². The zero-order chi connectivity index (χ0) is 44.7. The molecule has 2 heterocycles. The van der Waals surface area contributed by atoms with Crippen LogP contribution in [-0.4, -0.2) is 67.6 Å². The molecule has 8 nitrogen and oxygen atoms in total. The highest BCUT2D eigenvalue weighted by atomic mass is 16.7. The summed E-state index contributed by atoms with van der Waals surface area (Å²) in [4.78, 5) is 40.2. The van der Waals surface area contributed by atoms with Crippen LogP contribution in [0, 0.1) is 17.3 Å². The third-order valence-corrected chi connectivity index (χ3v) is 16.8. The Hall–Kier alpha value is -1.22. The maximum atomic E-state index is 14.9. The molecular weight excluding hydrogens is 749 g/mol. The van der Waals surface area contributed by atoms with Gasteiger partial charge in [-0.15, -0.1) is 0 Å². The van der Waals surface area contributed by atoms with E-state index in [1.54, 1.807) is 0 Å². The molecule has 8 heteroatoms. The molecule has 2 aliphatic rings. The van der Waals surface area contributed by atoms with Gasteiger partial charge in [0.25, 0.3) is 0 Å². The molecule has 0 aliphatic carbocycles. The van der Waals surface area contributed by atoms with Crippen molar-refractivity contribution in [3.8, 4) is 0 Å². The van der Waals surface area contributed by atoms with Crippen LogP contribution in [-0.2, 0) is 19.3 Å². The molecule has 0 aromatic heterocycles. The maximum Gasteiger partial charge on any atom is 0.310 e.